The van der Waals surface area contributed by atoms with Crippen molar-refractivity contribution in [3.05, 3.63) is 35.2 Å². The van der Waals surface area contributed by atoms with Crippen LogP contribution in [0.15, 0.2) is 28.0 Å². The van der Waals surface area contributed by atoms with Crippen molar-refractivity contribution in [3.63, 3.8) is 0 Å². The number of nitrogens with zero attached hydrogens (tertiary/aromatic N) is 2. The lowest BCUT2D eigenvalue weighted by Gasteiger charge is -1.94. The lowest BCUT2D eigenvalue weighted by molar-refractivity contribution is 0.101. The molecule has 0 radical (unpaired) electrons. The SMILES string of the molecule is CC(=O)c1csc(-c2ccc3oc(C)nc3c2)n1. The van der Waals surface area contributed by atoms with Gasteiger partial charge in [0.1, 0.15) is 16.2 Å². The van der Waals surface area contributed by atoms with Gasteiger partial charge in [0.2, 0.25) is 0 Å². The molecule has 0 fully saturated rings. The zero-order chi connectivity index (χ0) is 12.7. The van der Waals surface area contributed by atoms with Crippen LogP contribution in [0.1, 0.15) is 23.3 Å². The zero-order valence-electron chi connectivity index (χ0n) is 9.93. The van der Waals surface area contributed by atoms with Crippen molar-refractivity contribution in [2.45, 2.75) is 13.8 Å². The molecule has 0 aliphatic carbocycles. The summed E-state index contributed by atoms with van der Waals surface area (Å²) in [5.41, 5.74) is 3.03. The molecule has 3 rings (SSSR count). The molecule has 5 heteroatoms. The van der Waals surface area contributed by atoms with Gasteiger partial charge in [-0.2, -0.15) is 0 Å². The number of Topliss-reactive ketones (excluding diaryl/α,β-unsaturated/α-hetero) is 1. The molecule has 0 saturated heterocycles. The van der Waals surface area contributed by atoms with Crippen LogP contribution in [0.25, 0.3) is 21.7 Å². The van der Waals surface area contributed by atoms with E-state index in [9.17, 15) is 4.79 Å². The zero-order valence-corrected chi connectivity index (χ0v) is 10.7. The molecular formula is C13H10N2O2S. The number of carbonyl (C=O) groups excluding carboxylic acids is 1. The normalized spacial score (nSPS) is 11.0. The fourth-order valence-corrected chi connectivity index (χ4v) is 2.60. The molecule has 0 N–H and O–H groups in total. The number of oxazole rings is 1. The maximum absolute atomic E-state index is 11.2. The van der Waals surface area contributed by atoms with Gasteiger partial charge in [-0.1, -0.05) is 0 Å². The second-order valence-electron chi connectivity index (χ2n) is 4.01. The molecule has 0 unspecified atom stereocenters. The number of fused-ring (bicyclic) bond motifs is 1. The van der Waals surface area contributed by atoms with Crippen LogP contribution in [0, 0.1) is 6.92 Å². The van der Waals surface area contributed by atoms with Crippen molar-refractivity contribution in [2.24, 2.45) is 0 Å². The predicted molar refractivity (Wildman–Crippen MR) is 69.9 cm³/mol. The smallest absolute Gasteiger partial charge is 0.192 e. The lowest BCUT2D eigenvalue weighted by Crippen LogP contribution is -1.91. The highest BCUT2D eigenvalue weighted by molar-refractivity contribution is 7.13. The molecule has 0 amide bonds. The third-order valence-corrected chi connectivity index (χ3v) is 3.50. The number of aryl methyl sites for hydroxylation is 1. The summed E-state index contributed by atoms with van der Waals surface area (Å²) in [5.74, 6) is 0.626. The van der Waals surface area contributed by atoms with Crippen LogP contribution in [0.2, 0.25) is 0 Å². The number of rotatable bonds is 2. The first-order valence-electron chi connectivity index (χ1n) is 5.47. The number of hydrogen-bond acceptors (Lipinski definition) is 5. The average molecular weight is 258 g/mol. The minimum absolute atomic E-state index is 0.0177. The second-order valence-corrected chi connectivity index (χ2v) is 4.87. The maximum Gasteiger partial charge on any atom is 0.192 e. The number of carbonyl (C=O) groups is 1. The van der Waals surface area contributed by atoms with Gasteiger partial charge in [-0.15, -0.1) is 11.3 Å². The molecule has 0 aliphatic rings. The Kier molecular flexibility index (Phi) is 2.48. The van der Waals surface area contributed by atoms with Crippen LogP contribution in [0.4, 0.5) is 0 Å². The number of ketones is 1. The Morgan fingerprint density at radius 1 is 1.33 bits per heavy atom. The van der Waals surface area contributed by atoms with E-state index in [1.807, 2.05) is 25.1 Å². The van der Waals surface area contributed by atoms with E-state index in [0.29, 0.717) is 11.6 Å². The fraction of sp³-hybridized carbons (Fsp3) is 0.154. The van der Waals surface area contributed by atoms with Gasteiger partial charge in [-0.3, -0.25) is 4.79 Å². The quantitative estimate of drug-likeness (QED) is 0.660. The van der Waals surface area contributed by atoms with E-state index in [1.54, 1.807) is 5.38 Å². The topological polar surface area (TPSA) is 56.0 Å². The molecule has 90 valence electrons. The van der Waals surface area contributed by atoms with Crippen LogP contribution in [0.3, 0.4) is 0 Å². The summed E-state index contributed by atoms with van der Waals surface area (Å²) < 4.78 is 5.42. The largest absolute Gasteiger partial charge is 0.441 e. The van der Waals surface area contributed by atoms with Crippen LogP contribution >= 0.6 is 11.3 Å². The van der Waals surface area contributed by atoms with E-state index >= 15 is 0 Å². The Bertz CT molecular complexity index is 742. The number of hydrogen-bond donors (Lipinski definition) is 0. The first-order valence-corrected chi connectivity index (χ1v) is 6.35. The van der Waals surface area contributed by atoms with Gasteiger partial charge in [0.25, 0.3) is 0 Å². The Hall–Kier alpha value is -2.01. The monoisotopic (exact) mass is 258 g/mol. The van der Waals surface area contributed by atoms with Crippen LogP contribution in [-0.2, 0) is 0 Å². The number of thiazole rings is 1. The summed E-state index contributed by atoms with van der Waals surface area (Å²) in [4.78, 5) is 19.8. The summed E-state index contributed by atoms with van der Waals surface area (Å²) in [7, 11) is 0. The van der Waals surface area contributed by atoms with Crippen molar-refractivity contribution in [1.82, 2.24) is 9.97 Å². The Balaban J connectivity index is 2.09. The fourth-order valence-electron chi connectivity index (χ4n) is 1.74. The first kappa shape index (κ1) is 11.1. The molecule has 2 aromatic heterocycles. The number of aromatic nitrogens is 2. The minimum atomic E-state index is -0.0177. The van der Waals surface area contributed by atoms with E-state index in [-0.39, 0.29) is 5.78 Å². The highest BCUT2D eigenvalue weighted by Gasteiger charge is 2.10. The average Bonchev–Trinajstić information content (AvgIpc) is 2.91. The molecule has 3 aromatic rings. The van der Waals surface area contributed by atoms with Crippen molar-refractivity contribution in [3.8, 4) is 10.6 Å². The molecule has 0 saturated carbocycles. The van der Waals surface area contributed by atoms with Gasteiger partial charge in [0, 0.05) is 24.8 Å². The molecule has 1 aromatic carbocycles. The Labute approximate surface area is 107 Å². The molecule has 0 bridgehead atoms. The van der Waals surface area contributed by atoms with Crippen molar-refractivity contribution >= 4 is 28.2 Å². The summed E-state index contributed by atoms with van der Waals surface area (Å²) in [6.07, 6.45) is 0. The Morgan fingerprint density at radius 3 is 2.89 bits per heavy atom. The summed E-state index contributed by atoms with van der Waals surface area (Å²) in [5, 5.41) is 2.60. The lowest BCUT2D eigenvalue weighted by atomic mass is 10.2. The summed E-state index contributed by atoms with van der Waals surface area (Å²) in [6.45, 7) is 3.33. The van der Waals surface area contributed by atoms with E-state index in [4.69, 9.17) is 4.42 Å². The molecule has 0 spiro atoms. The van der Waals surface area contributed by atoms with Crippen LogP contribution in [0.5, 0.6) is 0 Å². The van der Waals surface area contributed by atoms with E-state index in [0.717, 1.165) is 21.7 Å². The highest BCUT2D eigenvalue weighted by Crippen LogP contribution is 2.27. The number of benzene rings is 1. The van der Waals surface area contributed by atoms with Gasteiger partial charge < -0.3 is 4.42 Å². The van der Waals surface area contributed by atoms with Crippen molar-refractivity contribution in [2.75, 3.05) is 0 Å². The van der Waals surface area contributed by atoms with Gasteiger partial charge >= 0.3 is 0 Å². The standard InChI is InChI=1S/C13H10N2O2S/c1-7(16)11-6-18-13(15-11)9-3-4-12-10(5-9)14-8(2)17-12/h3-6H,1-2H3. The maximum atomic E-state index is 11.2. The molecule has 0 atom stereocenters. The van der Waals surface area contributed by atoms with Gasteiger partial charge in [-0.05, 0) is 18.2 Å². The van der Waals surface area contributed by atoms with Gasteiger partial charge in [0.15, 0.2) is 17.3 Å². The molecule has 4 nitrogen and oxygen atoms in total. The van der Waals surface area contributed by atoms with Crippen LogP contribution < -0.4 is 0 Å². The van der Waals surface area contributed by atoms with E-state index < -0.39 is 0 Å². The summed E-state index contributed by atoms with van der Waals surface area (Å²) >= 11 is 1.46. The highest BCUT2D eigenvalue weighted by atomic mass is 32.1. The van der Waals surface area contributed by atoms with Crippen molar-refractivity contribution < 1.29 is 9.21 Å². The molecule has 0 aliphatic heterocycles. The first-order chi connectivity index (χ1) is 8.63. The third-order valence-electron chi connectivity index (χ3n) is 2.61. The Morgan fingerprint density at radius 2 is 2.17 bits per heavy atom. The summed E-state index contributed by atoms with van der Waals surface area (Å²) in [6, 6.07) is 5.73. The second kappa shape index (κ2) is 4.03. The van der Waals surface area contributed by atoms with E-state index in [1.165, 1.54) is 18.3 Å². The van der Waals surface area contributed by atoms with E-state index in [2.05, 4.69) is 9.97 Å². The van der Waals surface area contributed by atoms with Gasteiger partial charge in [-0.25, -0.2) is 9.97 Å². The molecular weight excluding hydrogens is 248 g/mol. The molecule has 18 heavy (non-hydrogen) atoms. The minimum Gasteiger partial charge on any atom is -0.441 e. The predicted octanol–water partition coefficient (Wildman–Crippen LogP) is 3.46. The van der Waals surface area contributed by atoms with Crippen LogP contribution in [-0.4, -0.2) is 15.8 Å². The third kappa shape index (κ3) is 1.82. The molecule has 2 heterocycles. The van der Waals surface area contributed by atoms with Crippen molar-refractivity contribution in [1.29, 1.82) is 0 Å². The van der Waals surface area contributed by atoms with Gasteiger partial charge in [0.05, 0.1) is 0 Å².